The predicted molar refractivity (Wildman–Crippen MR) is 58.3 cm³/mol. The number of rotatable bonds is 7. The Morgan fingerprint density at radius 3 is 2.60 bits per heavy atom. The highest BCUT2D eigenvalue weighted by atomic mass is 16.5. The highest BCUT2D eigenvalue weighted by Gasteiger charge is 2.21. The summed E-state index contributed by atoms with van der Waals surface area (Å²) in [6.45, 7) is 4.05. The minimum atomic E-state index is -0.527. The van der Waals surface area contributed by atoms with Crippen LogP contribution in [-0.4, -0.2) is 43.4 Å². The fourth-order valence-corrected chi connectivity index (χ4v) is 1.15. The van der Waals surface area contributed by atoms with Crippen LogP contribution >= 0.6 is 0 Å². The highest BCUT2D eigenvalue weighted by Crippen LogP contribution is 2.05. The normalized spacial score (nSPS) is 16.9. The second-order valence-corrected chi connectivity index (χ2v) is 3.75. The van der Waals surface area contributed by atoms with Crippen molar-refractivity contribution in [2.24, 2.45) is 11.7 Å². The molecule has 0 saturated heterocycles. The highest BCUT2D eigenvalue weighted by molar-refractivity contribution is 5.82. The van der Waals surface area contributed by atoms with E-state index in [1.165, 1.54) is 7.11 Å². The van der Waals surface area contributed by atoms with E-state index in [0.29, 0.717) is 0 Å². The first-order valence-electron chi connectivity index (χ1n) is 5.22. The van der Waals surface area contributed by atoms with E-state index in [1.54, 1.807) is 0 Å². The van der Waals surface area contributed by atoms with Crippen molar-refractivity contribution in [1.29, 1.82) is 0 Å². The van der Waals surface area contributed by atoms with Crippen molar-refractivity contribution in [3.8, 4) is 0 Å². The maximum absolute atomic E-state index is 11.6. The second kappa shape index (κ2) is 7.62. The molecule has 0 aromatic heterocycles. The summed E-state index contributed by atoms with van der Waals surface area (Å²) < 4.78 is 4.85. The molecule has 90 valence electrons. The lowest BCUT2D eigenvalue weighted by molar-refractivity contribution is -0.124. The molecule has 0 saturated carbocycles. The summed E-state index contributed by atoms with van der Waals surface area (Å²) in [5.41, 5.74) is 5.74. The average molecular weight is 218 g/mol. The van der Waals surface area contributed by atoms with Gasteiger partial charge in [0.15, 0.2) is 0 Å². The summed E-state index contributed by atoms with van der Waals surface area (Å²) in [7, 11) is 1.52. The van der Waals surface area contributed by atoms with Crippen LogP contribution in [0.3, 0.4) is 0 Å². The van der Waals surface area contributed by atoms with Crippen LogP contribution in [0.5, 0.6) is 0 Å². The van der Waals surface area contributed by atoms with Gasteiger partial charge in [0.2, 0.25) is 5.91 Å². The number of methoxy groups -OCH3 is 1. The molecule has 0 radical (unpaired) electrons. The molecule has 0 aromatic carbocycles. The summed E-state index contributed by atoms with van der Waals surface area (Å²) in [4.78, 5) is 11.6. The van der Waals surface area contributed by atoms with Gasteiger partial charge in [0.25, 0.3) is 0 Å². The summed E-state index contributed by atoms with van der Waals surface area (Å²) in [5, 5.41) is 11.6. The Morgan fingerprint density at radius 2 is 2.20 bits per heavy atom. The Morgan fingerprint density at radius 1 is 1.60 bits per heavy atom. The third-order valence-electron chi connectivity index (χ3n) is 2.49. The van der Waals surface area contributed by atoms with Crippen molar-refractivity contribution in [3.63, 3.8) is 0 Å². The first-order valence-corrected chi connectivity index (χ1v) is 5.22. The standard InChI is InChI=1S/C10H22N2O3/c1-4-7(2)9(11)10(14)12-8(5-13)6-15-3/h7-9,13H,4-6,11H2,1-3H3,(H,12,14). The second-order valence-electron chi connectivity index (χ2n) is 3.75. The number of carbonyl (C=O) groups is 1. The molecule has 4 N–H and O–H groups in total. The van der Waals surface area contributed by atoms with Crippen LogP contribution in [0.25, 0.3) is 0 Å². The number of amides is 1. The van der Waals surface area contributed by atoms with Gasteiger partial charge in [0.1, 0.15) is 0 Å². The molecule has 5 nitrogen and oxygen atoms in total. The Hall–Kier alpha value is -0.650. The van der Waals surface area contributed by atoms with Crippen LogP contribution in [0, 0.1) is 5.92 Å². The largest absolute Gasteiger partial charge is 0.394 e. The molecule has 0 bridgehead atoms. The molecule has 0 aromatic rings. The Kier molecular flexibility index (Phi) is 7.29. The van der Waals surface area contributed by atoms with E-state index in [-0.39, 0.29) is 31.1 Å². The molecule has 0 fully saturated rings. The summed E-state index contributed by atoms with van der Waals surface area (Å²) in [6.07, 6.45) is 0.850. The molecule has 1 amide bonds. The van der Waals surface area contributed by atoms with E-state index < -0.39 is 6.04 Å². The molecule has 0 aliphatic heterocycles. The van der Waals surface area contributed by atoms with Crippen molar-refractivity contribution < 1.29 is 14.6 Å². The first kappa shape index (κ1) is 14.3. The van der Waals surface area contributed by atoms with Gasteiger partial charge in [-0.2, -0.15) is 0 Å². The lowest BCUT2D eigenvalue weighted by Gasteiger charge is -2.21. The SMILES string of the molecule is CCC(C)C(N)C(=O)NC(CO)COC. The quantitative estimate of drug-likeness (QED) is 0.537. The van der Waals surface area contributed by atoms with Gasteiger partial charge < -0.3 is 20.9 Å². The van der Waals surface area contributed by atoms with E-state index in [2.05, 4.69) is 5.32 Å². The third-order valence-corrected chi connectivity index (χ3v) is 2.49. The molecular weight excluding hydrogens is 196 g/mol. The van der Waals surface area contributed by atoms with Gasteiger partial charge in [0, 0.05) is 7.11 Å². The smallest absolute Gasteiger partial charge is 0.237 e. The van der Waals surface area contributed by atoms with Gasteiger partial charge in [-0.05, 0) is 5.92 Å². The molecule has 0 spiro atoms. The van der Waals surface area contributed by atoms with Crippen LogP contribution in [0.2, 0.25) is 0 Å². The maximum Gasteiger partial charge on any atom is 0.237 e. The monoisotopic (exact) mass is 218 g/mol. The fourth-order valence-electron chi connectivity index (χ4n) is 1.15. The van der Waals surface area contributed by atoms with Gasteiger partial charge >= 0.3 is 0 Å². The minimum Gasteiger partial charge on any atom is -0.394 e. The average Bonchev–Trinajstić information content (AvgIpc) is 2.26. The van der Waals surface area contributed by atoms with E-state index in [1.807, 2.05) is 13.8 Å². The van der Waals surface area contributed by atoms with Gasteiger partial charge in [-0.25, -0.2) is 0 Å². The van der Waals surface area contributed by atoms with E-state index >= 15 is 0 Å². The molecule has 0 heterocycles. The molecular formula is C10H22N2O3. The zero-order chi connectivity index (χ0) is 11.8. The number of hydrogen-bond acceptors (Lipinski definition) is 4. The Labute approximate surface area is 91.0 Å². The number of ether oxygens (including phenoxy) is 1. The number of aliphatic hydroxyl groups excluding tert-OH is 1. The number of carbonyl (C=O) groups excluding carboxylic acids is 1. The van der Waals surface area contributed by atoms with E-state index in [4.69, 9.17) is 15.6 Å². The van der Waals surface area contributed by atoms with Crippen molar-refractivity contribution in [1.82, 2.24) is 5.32 Å². The van der Waals surface area contributed by atoms with E-state index in [0.717, 1.165) is 6.42 Å². The van der Waals surface area contributed by atoms with Gasteiger partial charge in [-0.1, -0.05) is 20.3 Å². The summed E-state index contributed by atoms with van der Waals surface area (Å²) in [6, 6.07) is -0.904. The molecule has 3 atom stereocenters. The van der Waals surface area contributed by atoms with Gasteiger partial charge in [0.05, 0.1) is 25.3 Å². The van der Waals surface area contributed by atoms with Crippen molar-refractivity contribution >= 4 is 5.91 Å². The zero-order valence-electron chi connectivity index (χ0n) is 9.69. The number of hydrogen-bond donors (Lipinski definition) is 3. The van der Waals surface area contributed by atoms with Crippen LogP contribution < -0.4 is 11.1 Å². The van der Waals surface area contributed by atoms with Crippen LogP contribution in [0.15, 0.2) is 0 Å². The fraction of sp³-hybridized carbons (Fsp3) is 0.900. The van der Waals surface area contributed by atoms with Gasteiger partial charge in [-0.3, -0.25) is 4.79 Å². The topological polar surface area (TPSA) is 84.6 Å². The predicted octanol–water partition coefficient (Wildman–Crippen LogP) is -0.517. The Balaban J connectivity index is 4.09. The number of aliphatic hydroxyl groups is 1. The van der Waals surface area contributed by atoms with Crippen LogP contribution in [0.4, 0.5) is 0 Å². The van der Waals surface area contributed by atoms with Crippen LogP contribution in [-0.2, 0) is 9.53 Å². The first-order chi connectivity index (χ1) is 7.06. The summed E-state index contributed by atoms with van der Waals surface area (Å²) >= 11 is 0. The van der Waals surface area contributed by atoms with E-state index in [9.17, 15) is 4.79 Å². The molecule has 15 heavy (non-hydrogen) atoms. The van der Waals surface area contributed by atoms with Crippen molar-refractivity contribution in [2.45, 2.75) is 32.4 Å². The molecule has 0 aliphatic carbocycles. The molecule has 0 aliphatic rings. The molecule has 0 rings (SSSR count). The van der Waals surface area contributed by atoms with Gasteiger partial charge in [-0.15, -0.1) is 0 Å². The van der Waals surface area contributed by atoms with Crippen LogP contribution in [0.1, 0.15) is 20.3 Å². The molecule has 5 heteroatoms. The lowest BCUT2D eigenvalue weighted by Crippen LogP contribution is -2.50. The number of nitrogens with two attached hydrogens (primary N) is 1. The Bertz CT molecular complexity index is 188. The number of nitrogens with one attached hydrogen (secondary N) is 1. The lowest BCUT2D eigenvalue weighted by atomic mass is 9.99. The van der Waals surface area contributed by atoms with Crippen molar-refractivity contribution in [3.05, 3.63) is 0 Å². The van der Waals surface area contributed by atoms with Crippen molar-refractivity contribution in [2.75, 3.05) is 20.3 Å². The molecule has 3 unspecified atom stereocenters. The summed E-state index contributed by atoms with van der Waals surface area (Å²) in [5.74, 6) is -0.104. The third kappa shape index (κ3) is 5.11. The maximum atomic E-state index is 11.6. The minimum absolute atomic E-state index is 0.131. The zero-order valence-corrected chi connectivity index (χ0v) is 9.69.